The van der Waals surface area contributed by atoms with Crippen LogP contribution in [0.2, 0.25) is 0 Å². The number of amides is 1. The molecule has 0 radical (unpaired) electrons. The fourth-order valence-electron chi connectivity index (χ4n) is 4.34. The van der Waals surface area contributed by atoms with Crippen LogP contribution in [0.1, 0.15) is 11.1 Å². The highest BCUT2D eigenvalue weighted by Crippen LogP contribution is 2.33. The molecule has 4 aromatic carbocycles. The zero-order valence-corrected chi connectivity index (χ0v) is 22.0. The van der Waals surface area contributed by atoms with Crippen molar-refractivity contribution in [2.45, 2.75) is 18.4 Å². The summed E-state index contributed by atoms with van der Waals surface area (Å²) >= 11 is 1.69. The summed E-state index contributed by atoms with van der Waals surface area (Å²) in [6.45, 7) is 3.19. The number of aromatic nitrogens is 2. The van der Waals surface area contributed by atoms with Crippen molar-refractivity contribution in [1.82, 2.24) is 9.55 Å². The van der Waals surface area contributed by atoms with E-state index in [0.717, 1.165) is 28.2 Å². The number of anilines is 1. The highest BCUT2D eigenvalue weighted by molar-refractivity contribution is 7.99. The minimum atomic E-state index is -0.440. The first-order valence-electron chi connectivity index (χ1n) is 12.5. The number of hydrogen-bond acceptors (Lipinski definition) is 4. The van der Waals surface area contributed by atoms with Crippen LogP contribution >= 0.6 is 11.8 Å². The van der Waals surface area contributed by atoms with E-state index < -0.39 is 6.09 Å². The minimum absolute atomic E-state index is 0.327. The van der Waals surface area contributed by atoms with Crippen molar-refractivity contribution < 1.29 is 9.53 Å². The Balaban J connectivity index is 1.28. The molecule has 0 fully saturated rings. The van der Waals surface area contributed by atoms with Crippen molar-refractivity contribution >= 4 is 23.5 Å². The lowest BCUT2D eigenvalue weighted by atomic mass is 10.0. The van der Waals surface area contributed by atoms with Crippen LogP contribution in [0.5, 0.6) is 0 Å². The normalized spacial score (nSPS) is 10.8. The summed E-state index contributed by atoms with van der Waals surface area (Å²) in [6, 6.07) is 36.4. The maximum absolute atomic E-state index is 12.1. The predicted octanol–water partition coefficient (Wildman–Crippen LogP) is 7.91. The topological polar surface area (TPSA) is 56.2 Å². The SMILES string of the molecule is Cc1c(Cn2cnc(-c3ccccc3)c2-c2ccccc2)cccc1SCCOC(=O)Nc1ccccc1. The van der Waals surface area contributed by atoms with Crippen LogP contribution in [0.4, 0.5) is 10.5 Å². The number of ether oxygens (including phenoxy) is 1. The molecule has 0 spiro atoms. The first kappa shape index (κ1) is 25.4. The lowest BCUT2D eigenvalue weighted by Gasteiger charge is -2.15. The molecule has 0 saturated carbocycles. The van der Waals surface area contributed by atoms with Gasteiger partial charge in [0.15, 0.2) is 0 Å². The summed E-state index contributed by atoms with van der Waals surface area (Å²) in [6.07, 6.45) is 1.49. The summed E-state index contributed by atoms with van der Waals surface area (Å²) in [4.78, 5) is 18.1. The predicted molar refractivity (Wildman–Crippen MR) is 156 cm³/mol. The lowest BCUT2D eigenvalue weighted by molar-refractivity contribution is 0.169. The van der Waals surface area contributed by atoms with Gasteiger partial charge >= 0.3 is 6.09 Å². The Morgan fingerprint density at radius 1 is 0.842 bits per heavy atom. The molecule has 0 atom stereocenters. The van der Waals surface area contributed by atoms with Gasteiger partial charge in [0.2, 0.25) is 0 Å². The van der Waals surface area contributed by atoms with Gasteiger partial charge in [-0.25, -0.2) is 9.78 Å². The summed E-state index contributed by atoms with van der Waals surface area (Å²) in [5.41, 5.74) is 7.49. The van der Waals surface area contributed by atoms with Crippen molar-refractivity contribution in [2.24, 2.45) is 0 Å². The maximum Gasteiger partial charge on any atom is 0.411 e. The molecule has 1 N–H and O–H groups in total. The molecule has 5 nitrogen and oxygen atoms in total. The second kappa shape index (κ2) is 12.3. The van der Waals surface area contributed by atoms with Crippen LogP contribution in [0.3, 0.4) is 0 Å². The summed E-state index contributed by atoms with van der Waals surface area (Å²) in [7, 11) is 0. The van der Waals surface area contributed by atoms with Crippen molar-refractivity contribution in [3.8, 4) is 22.5 Å². The van der Waals surface area contributed by atoms with E-state index in [2.05, 4.69) is 71.4 Å². The number of carbonyl (C=O) groups is 1. The summed E-state index contributed by atoms with van der Waals surface area (Å²) < 4.78 is 7.59. The largest absolute Gasteiger partial charge is 0.448 e. The third-order valence-electron chi connectivity index (χ3n) is 6.26. The Morgan fingerprint density at radius 3 is 2.21 bits per heavy atom. The molecule has 1 aromatic heterocycles. The van der Waals surface area contributed by atoms with Gasteiger partial charge in [-0.2, -0.15) is 0 Å². The maximum atomic E-state index is 12.1. The number of para-hydroxylation sites is 1. The van der Waals surface area contributed by atoms with Crippen LogP contribution in [-0.2, 0) is 11.3 Å². The number of nitrogens with zero attached hydrogens (tertiary/aromatic N) is 2. The first-order valence-corrected chi connectivity index (χ1v) is 13.5. The van der Waals surface area contributed by atoms with E-state index >= 15 is 0 Å². The number of nitrogens with one attached hydrogen (secondary N) is 1. The van der Waals surface area contributed by atoms with E-state index in [1.165, 1.54) is 16.0 Å². The Hall–Kier alpha value is -4.29. The Morgan fingerprint density at radius 2 is 1.50 bits per heavy atom. The lowest BCUT2D eigenvalue weighted by Crippen LogP contribution is -2.15. The molecule has 1 amide bonds. The van der Waals surface area contributed by atoms with Gasteiger partial charge in [-0.15, -0.1) is 11.8 Å². The molecule has 0 aliphatic rings. The van der Waals surface area contributed by atoms with Crippen molar-refractivity contribution in [2.75, 3.05) is 17.7 Å². The highest BCUT2D eigenvalue weighted by Gasteiger charge is 2.16. The standard InChI is InChI=1S/C32H29N3O2S/c1-24-27(16-11-19-29(24)38-21-20-37-32(36)34-28-17-9-4-10-18-28)22-35-23-33-30(25-12-5-2-6-13-25)31(35)26-14-7-3-8-15-26/h2-19,23H,20-22H2,1H3,(H,34,36). The van der Waals surface area contributed by atoms with Crippen LogP contribution in [-0.4, -0.2) is 28.0 Å². The zero-order chi connectivity index (χ0) is 26.2. The molecule has 190 valence electrons. The molecule has 1 heterocycles. The Labute approximate surface area is 227 Å². The highest BCUT2D eigenvalue weighted by atomic mass is 32.2. The fraction of sp³-hybridized carbons (Fsp3) is 0.125. The van der Waals surface area contributed by atoms with Crippen LogP contribution in [0.25, 0.3) is 22.5 Å². The number of rotatable bonds is 9. The first-order chi connectivity index (χ1) is 18.7. The zero-order valence-electron chi connectivity index (χ0n) is 21.2. The molecular formula is C32H29N3O2S. The van der Waals surface area contributed by atoms with Gasteiger partial charge in [0.1, 0.15) is 6.61 Å². The van der Waals surface area contributed by atoms with E-state index in [1.54, 1.807) is 11.8 Å². The van der Waals surface area contributed by atoms with E-state index in [4.69, 9.17) is 9.72 Å². The molecule has 5 aromatic rings. The number of benzene rings is 4. The molecule has 0 unspecified atom stereocenters. The monoisotopic (exact) mass is 519 g/mol. The van der Waals surface area contributed by atoms with Gasteiger partial charge < -0.3 is 9.30 Å². The summed E-state index contributed by atoms with van der Waals surface area (Å²) in [5, 5.41) is 2.74. The Bertz CT molecular complexity index is 1490. The number of thioether (sulfide) groups is 1. The third-order valence-corrected chi connectivity index (χ3v) is 7.39. The molecular weight excluding hydrogens is 490 g/mol. The molecule has 38 heavy (non-hydrogen) atoms. The van der Waals surface area contributed by atoms with E-state index in [-0.39, 0.29) is 0 Å². The molecule has 5 rings (SSSR count). The molecule has 0 saturated heterocycles. The molecule has 0 aliphatic carbocycles. The molecule has 6 heteroatoms. The molecule has 0 bridgehead atoms. The van der Waals surface area contributed by atoms with E-state index in [1.807, 2.05) is 60.9 Å². The van der Waals surface area contributed by atoms with E-state index in [9.17, 15) is 4.79 Å². The second-order valence-electron chi connectivity index (χ2n) is 8.82. The van der Waals surface area contributed by atoms with Crippen molar-refractivity contribution in [3.05, 3.63) is 127 Å². The minimum Gasteiger partial charge on any atom is -0.448 e. The number of imidazole rings is 1. The van der Waals surface area contributed by atoms with Gasteiger partial charge in [-0.1, -0.05) is 91.0 Å². The van der Waals surface area contributed by atoms with Gasteiger partial charge in [-0.3, -0.25) is 5.32 Å². The average molecular weight is 520 g/mol. The van der Waals surface area contributed by atoms with Gasteiger partial charge in [0.25, 0.3) is 0 Å². The third kappa shape index (κ3) is 6.15. The average Bonchev–Trinajstić information content (AvgIpc) is 3.38. The number of hydrogen-bond donors (Lipinski definition) is 1. The Kier molecular flexibility index (Phi) is 8.21. The van der Waals surface area contributed by atoms with Gasteiger partial charge in [0, 0.05) is 34.0 Å². The van der Waals surface area contributed by atoms with Crippen LogP contribution in [0, 0.1) is 6.92 Å². The van der Waals surface area contributed by atoms with E-state index in [0.29, 0.717) is 18.9 Å². The summed E-state index contributed by atoms with van der Waals surface area (Å²) in [5.74, 6) is 0.672. The van der Waals surface area contributed by atoms with Crippen LogP contribution in [0.15, 0.2) is 120 Å². The van der Waals surface area contributed by atoms with Gasteiger partial charge in [0.05, 0.1) is 17.7 Å². The second-order valence-corrected chi connectivity index (χ2v) is 9.95. The quantitative estimate of drug-likeness (QED) is 0.159. The van der Waals surface area contributed by atoms with Crippen LogP contribution < -0.4 is 5.32 Å². The van der Waals surface area contributed by atoms with Crippen molar-refractivity contribution in [3.63, 3.8) is 0 Å². The smallest absolute Gasteiger partial charge is 0.411 e. The fourth-order valence-corrected chi connectivity index (χ4v) is 5.25. The van der Waals surface area contributed by atoms with Crippen molar-refractivity contribution in [1.29, 1.82) is 0 Å². The van der Waals surface area contributed by atoms with Gasteiger partial charge in [-0.05, 0) is 36.2 Å². The number of carbonyl (C=O) groups excluding carboxylic acids is 1. The molecule has 0 aliphatic heterocycles.